The maximum absolute atomic E-state index is 9.60. The molecule has 0 aliphatic heterocycles. The Kier molecular flexibility index (Phi) is 4.41. The summed E-state index contributed by atoms with van der Waals surface area (Å²) in [6.07, 6.45) is 0. The zero-order valence-corrected chi connectivity index (χ0v) is 12.6. The van der Waals surface area contributed by atoms with Crippen molar-refractivity contribution in [3.05, 3.63) is 28.4 Å². The molecule has 2 aromatic rings. The smallest absolute Gasteiger partial charge is 0.162 e. The van der Waals surface area contributed by atoms with Crippen LogP contribution in [0.1, 0.15) is 5.69 Å². The zero-order valence-electron chi connectivity index (χ0n) is 11.1. The maximum Gasteiger partial charge on any atom is 0.162 e. The summed E-state index contributed by atoms with van der Waals surface area (Å²) in [5.74, 6) is 1.17. The molecule has 7 heteroatoms. The lowest BCUT2D eigenvalue weighted by Gasteiger charge is -2.10. The van der Waals surface area contributed by atoms with Gasteiger partial charge in [-0.15, -0.1) is 0 Å². The number of anilines is 1. The van der Waals surface area contributed by atoms with E-state index in [4.69, 9.17) is 15.2 Å². The second kappa shape index (κ2) is 6.06. The third kappa shape index (κ3) is 2.83. The summed E-state index contributed by atoms with van der Waals surface area (Å²) in [7, 11) is 3.06. The normalized spacial score (nSPS) is 10.6. The van der Waals surface area contributed by atoms with Crippen molar-refractivity contribution in [2.45, 2.75) is 6.61 Å². The van der Waals surface area contributed by atoms with Gasteiger partial charge in [-0.1, -0.05) is 0 Å². The van der Waals surface area contributed by atoms with Gasteiger partial charge in [-0.2, -0.15) is 0 Å². The van der Waals surface area contributed by atoms with Crippen LogP contribution >= 0.6 is 15.9 Å². The van der Waals surface area contributed by atoms with Crippen LogP contribution in [0.15, 0.2) is 22.7 Å². The van der Waals surface area contributed by atoms with Crippen molar-refractivity contribution in [3.8, 4) is 22.9 Å². The number of nitrogen functional groups attached to an aromatic ring is 1. The van der Waals surface area contributed by atoms with E-state index >= 15 is 0 Å². The number of aromatic hydroxyl groups is 1. The van der Waals surface area contributed by atoms with Gasteiger partial charge < -0.3 is 20.3 Å². The highest BCUT2D eigenvalue weighted by Crippen LogP contribution is 2.31. The van der Waals surface area contributed by atoms with Gasteiger partial charge in [0, 0.05) is 12.7 Å². The Morgan fingerprint density at radius 1 is 1.30 bits per heavy atom. The Morgan fingerprint density at radius 3 is 2.70 bits per heavy atom. The predicted molar refractivity (Wildman–Crippen MR) is 78.5 cm³/mol. The van der Waals surface area contributed by atoms with E-state index < -0.39 is 0 Å². The second-order valence-electron chi connectivity index (χ2n) is 4.01. The van der Waals surface area contributed by atoms with Crippen molar-refractivity contribution in [2.24, 2.45) is 0 Å². The Bertz CT molecular complexity index is 634. The highest BCUT2D eigenvalue weighted by molar-refractivity contribution is 9.10. The van der Waals surface area contributed by atoms with Crippen LogP contribution in [0, 0.1) is 0 Å². The largest absolute Gasteiger partial charge is 0.504 e. The first-order chi connectivity index (χ1) is 9.56. The summed E-state index contributed by atoms with van der Waals surface area (Å²) in [5, 5.41) is 9.60. The average Bonchev–Trinajstić information content (AvgIpc) is 2.44. The van der Waals surface area contributed by atoms with Crippen LogP contribution in [0.25, 0.3) is 11.4 Å². The molecule has 0 radical (unpaired) electrons. The lowest BCUT2D eigenvalue weighted by Crippen LogP contribution is -2.04. The highest BCUT2D eigenvalue weighted by Gasteiger charge is 2.13. The standard InChI is InChI=1S/C13H14BrN3O3/c1-19-6-8-11(14)12(15)17-13(16-8)7-3-4-9(18)10(5-7)20-2/h3-5,18H,6H2,1-2H3,(H2,15,16,17). The molecule has 1 aromatic carbocycles. The number of nitrogens with zero attached hydrogens (tertiary/aromatic N) is 2. The number of benzene rings is 1. The van der Waals surface area contributed by atoms with Crippen LogP contribution in [0.2, 0.25) is 0 Å². The van der Waals surface area contributed by atoms with Gasteiger partial charge in [-0.25, -0.2) is 9.97 Å². The lowest BCUT2D eigenvalue weighted by atomic mass is 10.2. The third-order valence-corrected chi connectivity index (χ3v) is 3.53. The molecular formula is C13H14BrN3O3. The molecule has 0 saturated carbocycles. The van der Waals surface area contributed by atoms with Gasteiger partial charge in [0.25, 0.3) is 0 Å². The number of aromatic nitrogens is 2. The molecule has 3 N–H and O–H groups in total. The summed E-state index contributed by atoms with van der Waals surface area (Å²) >= 11 is 3.33. The van der Waals surface area contributed by atoms with Crippen molar-refractivity contribution in [3.63, 3.8) is 0 Å². The number of ether oxygens (including phenoxy) is 2. The number of phenols is 1. The molecule has 0 aliphatic rings. The van der Waals surface area contributed by atoms with Crippen molar-refractivity contribution >= 4 is 21.7 Å². The van der Waals surface area contributed by atoms with Gasteiger partial charge in [0.05, 0.1) is 23.9 Å². The molecule has 0 fully saturated rings. The molecule has 1 heterocycles. The van der Waals surface area contributed by atoms with E-state index in [-0.39, 0.29) is 5.75 Å². The first kappa shape index (κ1) is 14.5. The molecule has 0 spiro atoms. The molecular weight excluding hydrogens is 326 g/mol. The van der Waals surface area contributed by atoms with Crippen LogP contribution in [0.4, 0.5) is 5.82 Å². The quantitative estimate of drug-likeness (QED) is 0.888. The number of hydrogen-bond acceptors (Lipinski definition) is 6. The Balaban J connectivity index is 2.52. The fraction of sp³-hybridized carbons (Fsp3) is 0.231. The molecule has 0 atom stereocenters. The second-order valence-corrected chi connectivity index (χ2v) is 4.81. The van der Waals surface area contributed by atoms with Gasteiger partial charge in [-0.3, -0.25) is 0 Å². The van der Waals surface area contributed by atoms with Gasteiger partial charge >= 0.3 is 0 Å². The van der Waals surface area contributed by atoms with Gasteiger partial charge in [0.2, 0.25) is 0 Å². The Labute approximate surface area is 124 Å². The molecule has 0 aliphatic carbocycles. The minimum Gasteiger partial charge on any atom is -0.504 e. The molecule has 1 aromatic heterocycles. The molecule has 6 nitrogen and oxygen atoms in total. The van der Waals surface area contributed by atoms with E-state index in [1.54, 1.807) is 19.2 Å². The minimum atomic E-state index is 0.0541. The first-order valence-corrected chi connectivity index (χ1v) is 6.54. The van der Waals surface area contributed by atoms with Crippen LogP contribution in [-0.4, -0.2) is 29.3 Å². The average molecular weight is 340 g/mol. The number of nitrogens with two attached hydrogens (primary N) is 1. The fourth-order valence-corrected chi connectivity index (χ4v) is 1.98. The van der Waals surface area contributed by atoms with E-state index in [1.807, 2.05) is 0 Å². The molecule has 2 rings (SSSR count). The molecule has 20 heavy (non-hydrogen) atoms. The molecule has 106 valence electrons. The summed E-state index contributed by atoms with van der Waals surface area (Å²) in [6, 6.07) is 4.86. The summed E-state index contributed by atoms with van der Waals surface area (Å²) in [4.78, 5) is 8.62. The summed E-state index contributed by atoms with van der Waals surface area (Å²) in [6.45, 7) is 0.315. The maximum atomic E-state index is 9.60. The van der Waals surface area contributed by atoms with Crippen LogP contribution in [0.5, 0.6) is 11.5 Å². The van der Waals surface area contributed by atoms with Crippen LogP contribution in [0.3, 0.4) is 0 Å². The number of phenolic OH excluding ortho intramolecular Hbond substituents is 1. The van der Waals surface area contributed by atoms with Crippen molar-refractivity contribution < 1.29 is 14.6 Å². The van der Waals surface area contributed by atoms with E-state index in [0.717, 1.165) is 0 Å². The number of methoxy groups -OCH3 is 2. The zero-order chi connectivity index (χ0) is 14.7. The van der Waals surface area contributed by atoms with Crippen molar-refractivity contribution in [2.75, 3.05) is 20.0 Å². The highest BCUT2D eigenvalue weighted by atomic mass is 79.9. The lowest BCUT2D eigenvalue weighted by molar-refractivity contribution is 0.181. The van der Waals surface area contributed by atoms with Crippen LogP contribution in [-0.2, 0) is 11.3 Å². The first-order valence-electron chi connectivity index (χ1n) is 5.75. The summed E-state index contributed by atoms with van der Waals surface area (Å²) in [5.41, 5.74) is 7.20. The number of hydrogen-bond donors (Lipinski definition) is 2. The number of halogens is 1. The van der Waals surface area contributed by atoms with Crippen molar-refractivity contribution in [1.29, 1.82) is 0 Å². The molecule has 0 unspecified atom stereocenters. The number of rotatable bonds is 4. The van der Waals surface area contributed by atoms with E-state index in [0.29, 0.717) is 39.7 Å². The van der Waals surface area contributed by atoms with E-state index in [9.17, 15) is 5.11 Å². The Hall–Kier alpha value is -1.86. The van der Waals surface area contributed by atoms with Gasteiger partial charge in [0.15, 0.2) is 17.3 Å². The topological polar surface area (TPSA) is 90.5 Å². The molecule has 0 bridgehead atoms. The van der Waals surface area contributed by atoms with Gasteiger partial charge in [-0.05, 0) is 34.1 Å². The third-order valence-electron chi connectivity index (χ3n) is 2.66. The van der Waals surface area contributed by atoms with E-state index in [1.165, 1.54) is 13.2 Å². The Morgan fingerprint density at radius 2 is 2.05 bits per heavy atom. The predicted octanol–water partition coefficient (Wildman–Crippen LogP) is 2.35. The van der Waals surface area contributed by atoms with Crippen LogP contribution < -0.4 is 10.5 Å². The molecule has 0 saturated heterocycles. The van der Waals surface area contributed by atoms with Gasteiger partial charge in [0.1, 0.15) is 5.82 Å². The monoisotopic (exact) mass is 339 g/mol. The van der Waals surface area contributed by atoms with Crippen molar-refractivity contribution in [1.82, 2.24) is 9.97 Å². The summed E-state index contributed by atoms with van der Waals surface area (Å²) < 4.78 is 10.8. The fourth-order valence-electron chi connectivity index (χ4n) is 1.69. The minimum absolute atomic E-state index is 0.0541. The molecule has 0 amide bonds. The SMILES string of the molecule is COCc1nc(-c2ccc(O)c(OC)c2)nc(N)c1Br. The van der Waals surface area contributed by atoms with E-state index in [2.05, 4.69) is 25.9 Å².